The number of carboxylic acids is 2. The first-order valence-corrected chi connectivity index (χ1v) is 4.73. The van der Waals surface area contributed by atoms with E-state index in [1.54, 1.807) is 0 Å². The first-order valence-electron chi connectivity index (χ1n) is 4.73. The molecule has 3 atom stereocenters. The third-order valence-electron chi connectivity index (χ3n) is 2.37. The molecule has 0 amide bonds. The van der Waals surface area contributed by atoms with Crippen LogP contribution in [-0.2, 0) is 9.59 Å². The first kappa shape index (κ1) is 12.8. The number of nitrogens with zero attached hydrogens (tertiary/aromatic N) is 1. The van der Waals surface area contributed by atoms with Gasteiger partial charge in [-0.05, 0) is 0 Å². The Labute approximate surface area is 91.1 Å². The number of aliphatic hydroxyl groups is 2. The van der Waals surface area contributed by atoms with E-state index in [4.69, 9.17) is 15.3 Å². The van der Waals surface area contributed by atoms with Crippen molar-refractivity contribution in [2.75, 3.05) is 13.2 Å². The van der Waals surface area contributed by atoms with E-state index < -0.39 is 36.7 Å². The molecule has 0 bridgehead atoms. The Morgan fingerprint density at radius 2 is 2.06 bits per heavy atom. The second-order valence-corrected chi connectivity index (χ2v) is 3.60. The Bertz CT molecular complexity index is 284. The molecule has 1 aliphatic heterocycles. The summed E-state index contributed by atoms with van der Waals surface area (Å²) in [7, 11) is 0. The Morgan fingerprint density at radius 3 is 2.50 bits per heavy atom. The molecule has 8 heteroatoms. The topological polar surface area (TPSA) is 130 Å². The van der Waals surface area contributed by atoms with Gasteiger partial charge in [-0.2, -0.15) is 0 Å². The van der Waals surface area contributed by atoms with Crippen molar-refractivity contribution in [3.05, 3.63) is 0 Å². The molecule has 16 heavy (non-hydrogen) atoms. The molecule has 1 aliphatic rings. The van der Waals surface area contributed by atoms with Gasteiger partial charge < -0.3 is 20.4 Å². The van der Waals surface area contributed by atoms with Crippen molar-refractivity contribution in [1.82, 2.24) is 10.4 Å². The van der Waals surface area contributed by atoms with Crippen molar-refractivity contribution >= 4 is 11.9 Å². The number of hydrogen-bond acceptors (Lipinski definition) is 6. The molecule has 0 saturated carbocycles. The van der Waals surface area contributed by atoms with Crippen LogP contribution in [-0.4, -0.2) is 68.7 Å². The maximum atomic E-state index is 10.8. The Hall–Kier alpha value is -1.22. The first-order chi connectivity index (χ1) is 7.45. The van der Waals surface area contributed by atoms with E-state index in [-0.39, 0.29) is 13.0 Å². The monoisotopic (exact) mass is 234 g/mol. The van der Waals surface area contributed by atoms with Gasteiger partial charge in [0.15, 0.2) is 0 Å². The lowest BCUT2D eigenvalue weighted by molar-refractivity contribution is -0.148. The zero-order valence-corrected chi connectivity index (χ0v) is 8.41. The minimum Gasteiger partial charge on any atom is -0.480 e. The molecular weight excluding hydrogens is 220 g/mol. The highest BCUT2D eigenvalue weighted by molar-refractivity contribution is 5.75. The molecule has 1 saturated heterocycles. The van der Waals surface area contributed by atoms with Gasteiger partial charge in [0.25, 0.3) is 0 Å². The molecule has 5 N–H and O–H groups in total. The van der Waals surface area contributed by atoms with Gasteiger partial charge in [-0.15, -0.1) is 0 Å². The highest BCUT2D eigenvalue weighted by Gasteiger charge is 2.37. The predicted octanol–water partition coefficient (Wildman–Crippen LogP) is -2.54. The number of carbonyl (C=O) groups is 2. The van der Waals surface area contributed by atoms with Crippen molar-refractivity contribution in [2.24, 2.45) is 0 Å². The third-order valence-corrected chi connectivity index (χ3v) is 2.37. The van der Waals surface area contributed by atoms with Gasteiger partial charge >= 0.3 is 11.9 Å². The van der Waals surface area contributed by atoms with E-state index in [2.05, 4.69) is 5.43 Å². The molecule has 1 rings (SSSR count). The summed E-state index contributed by atoms with van der Waals surface area (Å²) in [6, 6.07) is -2.25. The molecule has 92 valence electrons. The van der Waals surface area contributed by atoms with Crippen LogP contribution in [0.1, 0.15) is 6.42 Å². The van der Waals surface area contributed by atoms with Crippen LogP contribution in [0.2, 0.25) is 0 Å². The van der Waals surface area contributed by atoms with E-state index >= 15 is 0 Å². The lowest BCUT2D eigenvalue weighted by atomic mass is 10.2. The van der Waals surface area contributed by atoms with E-state index in [1.165, 1.54) is 0 Å². The molecule has 0 radical (unpaired) electrons. The second kappa shape index (κ2) is 5.21. The van der Waals surface area contributed by atoms with Gasteiger partial charge in [-0.25, -0.2) is 10.4 Å². The molecule has 0 aromatic heterocycles. The largest absolute Gasteiger partial charge is 0.480 e. The van der Waals surface area contributed by atoms with E-state index in [0.29, 0.717) is 0 Å². The summed E-state index contributed by atoms with van der Waals surface area (Å²) >= 11 is 0. The molecule has 1 fully saturated rings. The normalized spacial score (nSPS) is 27.9. The highest BCUT2D eigenvalue weighted by Crippen LogP contribution is 2.16. The van der Waals surface area contributed by atoms with Crippen molar-refractivity contribution in [2.45, 2.75) is 24.6 Å². The molecule has 8 nitrogen and oxygen atoms in total. The van der Waals surface area contributed by atoms with Crippen molar-refractivity contribution in [3.63, 3.8) is 0 Å². The smallest absolute Gasteiger partial charge is 0.324 e. The average molecular weight is 234 g/mol. The molecule has 1 unspecified atom stereocenters. The Balaban J connectivity index is 2.64. The van der Waals surface area contributed by atoms with Gasteiger partial charge in [0.05, 0.1) is 12.7 Å². The number of hydrogen-bond donors (Lipinski definition) is 5. The lowest BCUT2D eigenvalue weighted by Crippen LogP contribution is -2.54. The van der Waals surface area contributed by atoms with Crippen molar-refractivity contribution in [1.29, 1.82) is 0 Å². The summed E-state index contributed by atoms with van der Waals surface area (Å²) in [5, 5.41) is 36.7. The maximum Gasteiger partial charge on any atom is 0.324 e. The zero-order valence-electron chi connectivity index (χ0n) is 8.41. The van der Waals surface area contributed by atoms with Crippen molar-refractivity contribution < 1.29 is 30.0 Å². The fourth-order valence-corrected chi connectivity index (χ4v) is 1.56. The summed E-state index contributed by atoms with van der Waals surface area (Å²) in [6.45, 7) is -0.644. The number of hydrazine groups is 1. The number of carboxylic acid groups (broad SMARTS) is 2. The standard InChI is InChI=1S/C8H14N2O6/c11-3-5(7(13)14)9-10-2-4(12)1-6(10)8(15)16/h4-6,9,11-12H,1-3H2,(H,13,14)(H,15,16)/t4?,5-,6-/m1/s1. The van der Waals surface area contributed by atoms with E-state index in [0.717, 1.165) is 5.01 Å². The van der Waals surface area contributed by atoms with Gasteiger partial charge in [-0.1, -0.05) is 0 Å². The molecule has 0 aromatic rings. The SMILES string of the molecule is O=C(O)[C@H]1CC(O)CN1N[C@H](CO)C(=O)O. The number of rotatable bonds is 5. The van der Waals surface area contributed by atoms with Gasteiger partial charge in [0.2, 0.25) is 0 Å². The van der Waals surface area contributed by atoms with Gasteiger partial charge in [0, 0.05) is 13.0 Å². The third kappa shape index (κ3) is 2.89. The Kier molecular flexibility index (Phi) is 4.19. The van der Waals surface area contributed by atoms with Crippen LogP contribution in [0.15, 0.2) is 0 Å². The maximum absolute atomic E-state index is 10.8. The molecule has 0 aromatic carbocycles. The van der Waals surface area contributed by atoms with Gasteiger partial charge in [0.1, 0.15) is 12.1 Å². The fourth-order valence-electron chi connectivity index (χ4n) is 1.56. The highest BCUT2D eigenvalue weighted by atomic mass is 16.4. The number of β-amino-alcohol motifs (C(OH)–C–C–N with tert-alkyl or cyclic N) is 1. The molecule has 0 spiro atoms. The van der Waals surface area contributed by atoms with E-state index in [9.17, 15) is 14.7 Å². The van der Waals surface area contributed by atoms with Crippen LogP contribution in [0.5, 0.6) is 0 Å². The Morgan fingerprint density at radius 1 is 1.44 bits per heavy atom. The summed E-state index contributed by atoms with van der Waals surface area (Å²) < 4.78 is 0. The number of aliphatic carboxylic acids is 2. The minimum absolute atomic E-state index is 0.0146. The molecule has 0 aliphatic carbocycles. The fraction of sp³-hybridized carbons (Fsp3) is 0.750. The van der Waals surface area contributed by atoms with Crippen LogP contribution < -0.4 is 5.43 Å². The number of nitrogens with one attached hydrogen (secondary N) is 1. The van der Waals surface area contributed by atoms with Crippen LogP contribution in [0.3, 0.4) is 0 Å². The zero-order chi connectivity index (χ0) is 12.3. The second-order valence-electron chi connectivity index (χ2n) is 3.60. The number of aliphatic hydroxyl groups excluding tert-OH is 2. The van der Waals surface area contributed by atoms with E-state index in [1.807, 2.05) is 0 Å². The quantitative estimate of drug-likeness (QED) is 0.351. The van der Waals surface area contributed by atoms with Crippen molar-refractivity contribution in [3.8, 4) is 0 Å². The molecular formula is C8H14N2O6. The summed E-state index contributed by atoms with van der Waals surface area (Å²) in [4.78, 5) is 21.4. The lowest BCUT2D eigenvalue weighted by Gasteiger charge is -2.24. The molecule has 1 heterocycles. The summed E-state index contributed by atoms with van der Waals surface area (Å²) in [6.07, 6.45) is -0.790. The summed E-state index contributed by atoms with van der Waals surface area (Å²) in [5.74, 6) is -2.43. The van der Waals surface area contributed by atoms with Gasteiger partial charge in [-0.3, -0.25) is 9.59 Å². The predicted molar refractivity (Wildman–Crippen MR) is 50.4 cm³/mol. The summed E-state index contributed by atoms with van der Waals surface area (Å²) in [5.41, 5.74) is 2.37. The minimum atomic E-state index is -1.28. The van der Waals surface area contributed by atoms with Crippen LogP contribution in [0.4, 0.5) is 0 Å². The van der Waals surface area contributed by atoms with Crippen LogP contribution in [0.25, 0.3) is 0 Å². The van der Waals surface area contributed by atoms with Crippen LogP contribution in [0, 0.1) is 0 Å². The van der Waals surface area contributed by atoms with Crippen LogP contribution >= 0.6 is 0 Å². The average Bonchev–Trinajstić information content (AvgIpc) is 2.55.